The molecule has 0 saturated carbocycles. The van der Waals surface area contributed by atoms with Gasteiger partial charge < -0.3 is 10.6 Å². The molecule has 0 aliphatic carbocycles. The SMILES string of the molecule is CCCCCNC(=O)Nc1ccc(Br)cc1F. The fourth-order valence-corrected chi connectivity index (χ4v) is 1.67. The molecular formula is C12H16BrFN2O. The maximum absolute atomic E-state index is 13.4. The molecule has 0 aliphatic heterocycles. The van der Waals surface area contributed by atoms with Crippen LogP contribution < -0.4 is 10.6 Å². The second-order valence-electron chi connectivity index (χ2n) is 3.71. The summed E-state index contributed by atoms with van der Waals surface area (Å²) in [5.74, 6) is -0.455. The van der Waals surface area contributed by atoms with Gasteiger partial charge in [0.15, 0.2) is 0 Å². The van der Waals surface area contributed by atoms with Gasteiger partial charge in [0.1, 0.15) is 5.82 Å². The summed E-state index contributed by atoms with van der Waals surface area (Å²) >= 11 is 3.15. The third-order valence-corrected chi connectivity index (χ3v) is 2.74. The van der Waals surface area contributed by atoms with Gasteiger partial charge in [-0.25, -0.2) is 9.18 Å². The molecule has 0 spiro atoms. The van der Waals surface area contributed by atoms with Crippen LogP contribution in [-0.2, 0) is 0 Å². The molecule has 1 aromatic rings. The summed E-state index contributed by atoms with van der Waals surface area (Å²) in [6, 6.07) is 4.13. The maximum Gasteiger partial charge on any atom is 0.319 e. The van der Waals surface area contributed by atoms with E-state index in [1.165, 1.54) is 12.1 Å². The maximum atomic E-state index is 13.4. The summed E-state index contributed by atoms with van der Waals surface area (Å²) in [6.45, 7) is 2.70. The Kier molecular flexibility index (Phi) is 5.97. The highest BCUT2D eigenvalue weighted by Crippen LogP contribution is 2.19. The van der Waals surface area contributed by atoms with Crippen molar-refractivity contribution in [2.75, 3.05) is 11.9 Å². The highest BCUT2D eigenvalue weighted by molar-refractivity contribution is 9.10. The zero-order valence-corrected chi connectivity index (χ0v) is 11.3. The molecule has 0 bridgehead atoms. The average molecular weight is 303 g/mol. The molecule has 1 aromatic carbocycles. The van der Waals surface area contributed by atoms with Crippen molar-refractivity contribution in [3.05, 3.63) is 28.5 Å². The molecule has 3 nitrogen and oxygen atoms in total. The first kappa shape index (κ1) is 14.0. The smallest absolute Gasteiger partial charge is 0.319 e. The summed E-state index contributed by atoms with van der Waals surface area (Å²) < 4.78 is 14.0. The molecule has 5 heteroatoms. The van der Waals surface area contributed by atoms with E-state index in [-0.39, 0.29) is 11.7 Å². The summed E-state index contributed by atoms with van der Waals surface area (Å²) in [5, 5.41) is 5.15. The lowest BCUT2D eigenvalue weighted by molar-refractivity contribution is 0.252. The van der Waals surface area contributed by atoms with Crippen molar-refractivity contribution in [2.45, 2.75) is 26.2 Å². The van der Waals surface area contributed by atoms with E-state index in [2.05, 4.69) is 33.5 Å². The van der Waals surface area contributed by atoms with E-state index in [1.807, 2.05) is 0 Å². The molecule has 0 heterocycles. The Morgan fingerprint density at radius 3 is 2.82 bits per heavy atom. The van der Waals surface area contributed by atoms with Crippen LogP contribution in [-0.4, -0.2) is 12.6 Å². The zero-order chi connectivity index (χ0) is 12.7. The van der Waals surface area contributed by atoms with E-state index < -0.39 is 5.82 Å². The number of urea groups is 1. The van der Waals surface area contributed by atoms with Gasteiger partial charge in [-0.15, -0.1) is 0 Å². The minimum Gasteiger partial charge on any atom is -0.338 e. The Balaban J connectivity index is 2.40. The number of hydrogen-bond acceptors (Lipinski definition) is 1. The van der Waals surface area contributed by atoms with E-state index in [1.54, 1.807) is 6.07 Å². The summed E-state index contributed by atoms with van der Waals surface area (Å²) in [4.78, 5) is 11.4. The van der Waals surface area contributed by atoms with Crippen LogP contribution in [0.4, 0.5) is 14.9 Å². The lowest BCUT2D eigenvalue weighted by Crippen LogP contribution is -2.29. The third-order valence-electron chi connectivity index (χ3n) is 2.25. The number of amides is 2. The average Bonchev–Trinajstić information content (AvgIpc) is 2.28. The quantitative estimate of drug-likeness (QED) is 0.796. The molecule has 1 rings (SSSR count). The number of halogens is 2. The Labute approximate surface area is 109 Å². The first-order valence-electron chi connectivity index (χ1n) is 5.63. The standard InChI is InChI=1S/C12H16BrFN2O/c1-2-3-4-7-15-12(17)16-11-6-5-9(13)8-10(11)14/h5-6,8H,2-4,7H2,1H3,(H2,15,16,17). The molecular weight excluding hydrogens is 287 g/mol. The number of carbonyl (C=O) groups excluding carboxylic acids is 1. The van der Waals surface area contributed by atoms with Crippen LogP contribution in [0.5, 0.6) is 0 Å². The molecule has 0 saturated heterocycles. The summed E-state index contributed by atoms with van der Waals surface area (Å²) in [5.41, 5.74) is 0.182. The van der Waals surface area contributed by atoms with Crippen molar-refractivity contribution < 1.29 is 9.18 Å². The van der Waals surface area contributed by atoms with E-state index in [9.17, 15) is 9.18 Å². The summed E-state index contributed by atoms with van der Waals surface area (Å²) in [7, 11) is 0. The highest BCUT2D eigenvalue weighted by atomic mass is 79.9. The van der Waals surface area contributed by atoms with Crippen LogP contribution in [0.25, 0.3) is 0 Å². The van der Waals surface area contributed by atoms with Crippen LogP contribution in [0, 0.1) is 5.82 Å². The minimum absolute atomic E-state index is 0.182. The normalized spacial score (nSPS) is 10.1. The number of hydrogen-bond donors (Lipinski definition) is 2. The van der Waals surface area contributed by atoms with Crippen molar-refractivity contribution in [1.29, 1.82) is 0 Å². The van der Waals surface area contributed by atoms with Crippen molar-refractivity contribution in [3.63, 3.8) is 0 Å². The second kappa shape index (κ2) is 7.27. The Morgan fingerprint density at radius 1 is 1.41 bits per heavy atom. The van der Waals surface area contributed by atoms with Gasteiger partial charge in [0, 0.05) is 11.0 Å². The topological polar surface area (TPSA) is 41.1 Å². The molecule has 0 radical (unpaired) electrons. The second-order valence-corrected chi connectivity index (χ2v) is 4.63. The van der Waals surface area contributed by atoms with Gasteiger partial charge in [-0.05, 0) is 24.6 Å². The summed E-state index contributed by atoms with van der Waals surface area (Å²) in [6.07, 6.45) is 3.12. The van der Waals surface area contributed by atoms with Crippen LogP contribution >= 0.6 is 15.9 Å². The van der Waals surface area contributed by atoms with Crippen LogP contribution in [0.2, 0.25) is 0 Å². The number of unbranched alkanes of at least 4 members (excludes halogenated alkanes) is 2. The molecule has 94 valence electrons. The van der Waals surface area contributed by atoms with Gasteiger partial charge in [0.05, 0.1) is 5.69 Å². The van der Waals surface area contributed by atoms with E-state index in [0.29, 0.717) is 11.0 Å². The van der Waals surface area contributed by atoms with E-state index in [0.717, 1.165) is 19.3 Å². The van der Waals surface area contributed by atoms with Gasteiger partial charge in [0.2, 0.25) is 0 Å². The molecule has 0 aliphatic rings. The van der Waals surface area contributed by atoms with Crippen LogP contribution in [0.1, 0.15) is 26.2 Å². The molecule has 0 fully saturated rings. The molecule has 17 heavy (non-hydrogen) atoms. The predicted octanol–water partition coefficient (Wildman–Crippen LogP) is 3.90. The first-order valence-corrected chi connectivity index (χ1v) is 6.42. The Morgan fingerprint density at radius 2 is 2.18 bits per heavy atom. The third kappa shape index (κ3) is 5.17. The minimum atomic E-state index is -0.455. The van der Waals surface area contributed by atoms with Gasteiger partial charge in [-0.1, -0.05) is 35.7 Å². The molecule has 2 amide bonds. The number of benzene rings is 1. The fourth-order valence-electron chi connectivity index (χ4n) is 1.33. The molecule has 2 N–H and O–H groups in total. The molecule has 0 atom stereocenters. The van der Waals surface area contributed by atoms with Crippen LogP contribution in [0.3, 0.4) is 0 Å². The van der Waals surface area contributed by atoms with Crippen molar-refractivity contribution in [1.82, 2.24) is 5.32 Å². The van der Waals surface area contributed by atoms with Gasteiger partial charge in [-0.3, -0.25) is 0 Å². The number of carbonyl (C=O) groups is 1. The van der Waals surface area contributed by atoms with E-state index in [4.69, 9.17) is 0 Å². The lowest BCUT2D eigenvalue weighted by atomic mass is 10.2. The number of nitrogens with one attached hydrogen (secondary N) is 2. The highest BCUT2D eigenvalue weighted by Gasteiger charge is 2.06. The number of rotatable bonds is 5. The van der Waals surface area contributed by atoms with Gasteiger partial charge in [0.25, 0.3) is 0 Å². The van der Waals surface area contributed by atoms with Gasteiger partial charge in [-0.2, -0.15) is 0 Å². The lowest BCUT2D eigenvalue weighted by Gasteiger charge is -2.08. The molecule has 0 unspecified atom stereocenters. The zero-order valence-electron chi connectivity index (χ0n) is 9.72. The van der Waals surface area contributed by atoms with Crippen molar-refractivity contribution >= 4 is 27.6 Å². The fraction of sp³-hybridized carbons (Fsp3) is 0.417. The van der Waals surface area contributed by atoms with Gasteiger partial charge >= 0.3 is 6.03 Å². The molecule has 0 aromatic heterocycles. The number of anilines is 1. The first-order chi connectivity index (χ1) is 8.13. The monoisotopic (exact) mass is 302 g/mol. The largest absolute Gasteiger partial charge is 0.338 e. The van der Waals surface area contributed by atoms with Crippen molar-refractivity contribution in [3.8, 4) is 0 Å². The predicted molar refractivity (Wildman–Crippen MR) is 70.6 cm³/mol. The van der Waals surface area contributed by atoms with Crippen LogP contribution in [0.15, 0.2) is 22.7 Å². The van der Waals surface area contributed by atoms with E-state index >= 15 is 0 Å². The Hall–Kier alpha value is -1.10. The van der Waals surface area contributed by atoms with Crippen molar-refractivity contribution in [2.24, 2.45) is 0 Å². The Bertz CT molecular complexity index is 385.